The molecule has 2 N–H and O–H groups in total. The summed E-state index contributed by atoms with van der Waals surface area (Å²) in [6.07, 6.45) is -0.809. The van der Waals surface area contributed by atoms with Crippen molar-refractivity contribution in [2.45, 2.75) is 52.1 Å². The molecule has 2 aromatic carbocycles. The van der Waals surface area contributed by atoms with Gasteiger partial charge in [0, 0.05) is 17.6 Å². The van der Waals surface area contributed by atoms with Crippen molar-refractivity contribution in [3.8, 4) is 0 Å². The lowest BCUT2D eigenvalue weighted by Gasteiger charge is -2.15. The van der Waals surface area contributed by atoms with Crippen molar-refractivity contribution in [3.63, 3.8) is 0 Å². The Morgan fingerprint density at radius 3 is 2.10 bits per heavy atom. The van der Waals surface area contributed by atoms with Gasteiger partial charge in [-0.2, -0.15) is 18.2 Å². The van der Waals surface area contributed by atoms with E-state index in [2.05, 4.69) is 41.4 Å². The van der Waals surface area contributed by atoms with Gasteiger partial charge in [0.2, 0.25) is 5.95 Å². The van der Waals surface area contributed by atoms with Gasteiger partial charge in [0.1, 0.15) is 11.4 Å². The number of aryl methyl sites for hydroxylation is 1. The van der Waals surface area contributed by atoms with E-state index in [1.807, 2.05) is 36.4 Å². The van der Waals surface area contributed by atoms with Crippen molar-refractivity contribution in [2.75, 3.05) is 10.6 Å². The fourth-order valence-corrected chi connectivity index (χ4v) is 3.18. The first kappa shape index (κ1) is 22.6. The fourth-order valence-electron chi connectivity index (χ4n) is 3.18. The molecule has 0 saturated carbocycles. The van der Waals surface area contributed by atoms with Crippen LogP contribution in [0.15, 0.2) is 54.7 Å². The van der Waals surface area contributed by atoms with Gasteiger partial charge >= 0.3 is 6.18 Å². The molecule has 1 heterocycles. The van der Waals surface area contributed by atoms with Crippen LogP contribution >= 0.6 is 0 Å². The fraction of sp³-hybridized carbons (Fsp3) is 0.333. The molecule has 3 rings (SSSR count). The largest absolute Gasteiger partial charge is 0.421 e. The van der Waals surface area contributed by atoms with E-state index in [1.54, 1.807) is 12.1 Å². The van der Waals surface area contributed by atoms with Gasteiger partial charge in [0.05, 0.1) is 0 Å². The Hall–Kier alpha value is -3.09. The van der Waals surface area contributed by atoms with Crippen LogP contribution in [0.2, 0.25) is 0 Å². The number of benzene rings is 2. The zero-order chi connectivity index (χ0) is 22.4. The highest BCUT2D eigenvalue weighted by Crippen LogP contribution is 2.35. The molecule has 0 bridgehead atoms. The summed E-state index contributed by atoms with van der Waals surface area (Å²) in [6.45, 7) is 6.35. The van der Waals surface area contributed by atoms with E-state index < -0.39 is 11.7 Å². The second-order valence-corrected chi connectivity index (χ2v) is 7.58. The minimum Gasteiger partial charge on any atom is -0.340 e. The third kappa shape index (κ3) is 5.96. The summed E-state index contributed by atoms with van der Waals surface area (Å²) in [5.41, 5.74) is 2.67. The van der Waals surface area contributed by atoms with Gasteiger partial charge in [0.15, 0.2) is 0 Å². The summed E-state index contributed by atoms with van der Waals surface area (Å²) in [6, 6.07) is 15.1. The molecular weight excluding hydrogens is 401 g/mol. The number of nitrogens with zero attached hydrogens (tertiary/aromatic N) is 2. The number of rotatable bonds is 8. The molecule has 3 aromatic rings. The topological polar surface area (TPSA) is 49.8 Å². The Labute approximate surface area is 181 Å². The molecule has 0 aliphatic rings. The number of halogens is 3. The maximum atomic E-state index is 13.5. The van der Waals surface area contributed by atoms with Crippen LogP contribution in [0, 0.1) is 0 Å². The summed E-state index contributed by atoms with van der Waals surface area (Å²) in [5, 5.41) is 5.78. The molecule has 7 heteroatoms. The van der Waals surface area contributed by atoms with Crippen molar-refractivity contribution in [3.05, 3.63) is 71.4 Å². The maximum absolute atomic E-state index is 13.5. The van der Waals surface area contributed by atoms with Gasteiger partial charge in [-0.1, -0.05) is 51.5 Å². The van der Waals surface area contributed by atoms with Crippen LogP contribution in [0.5, 0.6) is 0 Å². The number of nitrogens with one attached hydrogen (secondary N) is 2. The lowest BCUT2D eigenvalue weighted by Crippen LogP contribution is -2.12. The predicted octanol–water partition coefficient (Wildman–Crippen LogP) is 7.45. The molecule has 164 valence electrons. The summed E-state index contributed by atoms with van der Waals surface area (Å²) in [7, 11) is 0. The highest BCUT2D eigenvalue weighted by Gasteiger charge is 2.35. The molecule has 0 spiro atoms. The van der Waals surface area contributed by atoms with Gasteiger partial charge in [-0.15, -0.1) is 0 Å². The third-order valence-corrected chi connectivity index (χ3v) is 5.20. The standard InChI is InChI=1S/C24H27F3N4/c1-4-6-17-7-11-19(12-8-17)29-22-21(24(25,26)27)15-28-23(31-22)30-20-13-9-18(10-14-20)16(3)5-2/h7-16H,4-6H2,1-3H3,(H2,28,29,30,31). The van der Waals surface area contributed by atoms with Crippen LogP contribution in [0.25, 0.3) is 0 Å². The van der Waals surface area contributed by atoms with Crippen molar-refractivity contribution in [1.82, 2.24) is 9.97 Å². The Morgan fingerprint density at radius 1 is 0.903 bits per heavy atom. The summed E-state index contributed by atoms with van der Waals surface area (Å²) >= 11 is 0. The van der Waals surface area contributed by atoms with Crippen LogP contribution in [0.1, 0.15) is 56.2 Å². The average Bonchev–Trinajstić information content (AvgIpc) is 2.74. The van der Waals surface area contributed by atoms with Crippen LogP contribution in [-0.2, 0) is 12.6 Å². The van der Waals surface area contributed by atoms with Gasteiger partial charge in [0.25, 0.3) is 0 Å². The Morgan fingerprint density at radius 2 is 1.52 bits per heavy atom. The van der Waals surface area contributed by atoms with Crippen molar-refractivity contribution in [2.24, 2.45) is 0 Å². The van der Waals surface area contributed by atoms with Gasteiger partial charge in [-0.05, 0) is 54.2 Å². The zero-order valence-electron chi connectivity index (χ0n) is 17.9. The number of hydrogen-bond donors (Lipinski definition) is 2. The van der Waals surface area contributed by atoms with Crippen LogP contribution in [0.4, 0.5) is 36.3 Å². The lowest BCUT2D eigenvalue weighted by atomic mass is 9.99. The Bertz CT molecular complexity index is 983. The van der Waals surface area contributed by atoms with Gasteiger partial charge in [-0.3, -0.25) is 0 Å². The quantitative estimate of drug-likeness (QED) is 0.391. The second kappa shape index (κ2) is 9.81. The SMILES string of the molecule is CCCc1ccc(Nc2nc(Nc3ccc(C(C)CC)cc3)ncc2C(F)(F)F)cc1. The average molecular weight is 429 g/mol. The highest BCUT2D eigenvalue weighted by molar-refractivity contribution is 5.63. The second-order valence-electron chi connectivity index (χ2n) is 7.58. The lowest BCUT2D eigenvalue weighted by molar-refractivity contribution is -0.137. The summed E-state index contributed by atoms with van der Waals surface area (Å²) in [5.74, 6) is 0.245. The number of alkyl halides is 3. The molecule has 0 amide bonds. The van der Waals surface area contributed by atoms with E-state index in [4.69, 9.17) is 0 Å². The molecule has 31 heavy (non-hydrogen) atoms. The molecule has 0 aliphatic heterocycles. The first-order valence-electron chi connectivity index (χ1n) is 10.5. The smallest absolute Gasteiger partial charge is 0.340 e. The van der Waals surface area contributed by atoms with E-state index in [0.29, 0.717) is 17.3 Å². The molecule has 1 unspecified atom stereocenters. The molecule has 1 atom stereocenters. The van der Waals surface area contributed by atoms with E-state index in [-0.39, 0.29) is 11.8 Å². The third-order valence-electron chi connectivity index (χ3n) is 5.20. The normalized spacial score (nSPS) is 12.5. The monoisotopic (exact) mass is 428 g/mol. The molecule has 0 fully saturated rings. The van der Waals surface area contributed by atoms with E-state index in [1.165, 1.54) is 5.56 Å². The molecule has 4 nitrogen and oxygen atoms in total. The van der Waals surface area contributed by atoms with E-state index in [0.717, 1.165) is 31.0 Å². The van der Waals surface area contributed by atoms with Crippen LogP contribution < -0.4 is 10.6 Å². The van der Waals surface area contributed by atoms with E-state index >= 15 is 0 Å². The first-order valence-corrected chi connectivity index (χ1v) is 10.5. The van der Waals surface area contributed by atoms with Gasteiger partial charge in [-0.25, -0.2) is 4.98 Å². The zero-order valence-corrected chi connectivity index (χ0v) is 17.9. The molecule has 0 aliphatic carbocycles. The minimum atomic E-state index is -4.57. The van der Waals surface area contributed by atoms with E-state index in [9.17, 15) is 13.2 Å². The Balaban J connectivity index is 1.84. The number of anilines is 4. The predicted molar refractivity (Wildman–Crippen MR) is 119 cm³/mol. The molecular formula is C24H27F3N4. The van der Waals surface area contributed by atoms with Crippen LogP contribution in [-0.4, -0.2) is 9.97 Å². The minimum absolute atomic E-state index is 0.0920. The van der Waals surface area contributed by atoms with Gasteiger partial charge < -0.3 is 10.6 Å². The highest BCUT2D eigenvalue weighted by atomic mass is 19.4. The van der Waals surface area contributed by atoms with Crippen molar-refractivity contribution < 1.29 is 13.2 Å². The molecule has 0 radical (unpaired) electrons. The number of aromatic nitrogens is 2. The van der Waals surface area contributed by atoms with Crippen molar-refractivity contribution in [1.29, 1.82) is 0 Å². The van der Waals surface area contributed by atoms with Crippen molar-refractivity contribution >= 4 is 23.1 Å². The summed E-state index contributed by atoms with van der Waals surface area (Å²) < 4.78 is 40.5. The summed E-state index contributed by atoms with van der Waals surface area (Å²) in [4.78, 5) is 7.98. The number of hydrogen-bond acceptors (Lipinski definition) is 4. The first-order chi connectivity index (χ1) is 14.8. The van der Waals surface area contributed by atoms with Crippen LogP contribution in [0.3, 0.4) is 0 Å². The molecule has 1 aromatic heterocycles. The Kier molecular flexibility index (Phi) is 7.15. The maximum Gasteiger partial charge on any atom is 0.421 e. The molecule has 0 saturated heterocycles.